The molecule has 0 amide bonds. The molecule has 0 spiro atoms. The summed E-state index contributed by atoms with van der Waals surface area (Å²) >= 11 is 0. The van der Waals surface area contributed by atoms with E-state index in [1.54, 1.807) is 11.8 Å². The molecule has 1 heteroatoms. The summed E-state index contributed by atoms with van der Waals surface area (Å²) in [5.41, 5.74) is 8.63. The molecule has 0 fully saturated rings. The maximum Gasteiger partial charge on any atom is 0.0383 e. The standard InChI is InChI=1S/C24H31N/c1-5-8-14-24(15-9-6-2)22-16-18(4)10-12-20(22)21-13-11-19(25-7-3)17-23(21)24/h7,10-13,16-17,25H,3,5-6,8-9,14-15H2,1-2,4H3. The van der Waals surface area contributed by atoms with Crippen LogP contribution < -0.4 is 5.32 Å². The Morgan fingerprint density at radius 3 is 2.12 bits per heavy atom. The van der Waals surface area contributed by atoms with Crippen molar-refractivity contribution in [2.45, 2.75) is 64.7 Å². The molecule has 0 saturated heterocycles. The molecule has 0 bridgehead atoms. The Labute approximate surface area is 153 Å². The van der Waals surface area contributed by atoms with E-state index in [0.29, 0.717) is 0 Å². The number of hydrogen-bond acceptors (Lipinski definition) is 1. The quantitative estimate of drug-likeness (QED) is 0.538. The SMILES string of the molecule is C=CNc1ccc2c(c1)C(CCCC)(CCCC)c1cc(C)ccc1-2. The zero-order valence-corrected chi connectivity index (χ0v) is 16.0. The molecular weight excluding hydrogens is 302 g/mol. The van der Waals surface area contributed by atoms with E-state index in [2.05, 4.69) is 69.1 Å². The Morgan fingerprint density at radius 1 is 0.920 bits per heavy atom. The fraction of sp³-hybridized carbons (Fsp3) is 0.417. The summed E-state index contributed by atoms with van der Waals surface area (Å²) in [6.45, 7) is 10.6. The number of unbranched alkanes of at least 4 members (excludes halogenated alkanes) is 2. The fourth-order valence-electron chi connectivity index (χ4n) is 4.44. The highest BCUT2D eigenvalue weighted by Gasteiger charge is 2.42. The second kappa shape index (κ2) is 7.47. The van der Waals surface area contributed by atoms with Crippen molar-refractivity contribution in [1.82, 2.24) is 0 Å². The average molecular weight is 334 g/mol. The van der Waals surface area contributed by atoms with Gasteiger partial charge < -0.3 is 5.32 Å². The Kier molecular flexibility index (Phi) is 5.32. The predicted octanol–water partition coefficient (Wildman–Crippen LogP) is 7.20. The first-order chi connectivity index (χ1) is 12.2. The van der Waals surface area contributed by atoms with E-state index < -0.39 is 0 Å². The van der Waals surface area contributed by atoms with Crippen molar-refractivity contribution >= 4 is 5.69 Å². The van der Waals surface area contributed by atoms with Gasteiger partial charge in [0, 0.05) is 11.1 Å². The molecule has 0 unspecified atom stereocenters. The van der Waals surface area contributed by atoms with Crippen molar-refractivity contribution in [3.8, 4) is 11.1 Å². The summed E-state index contributed by atoms with van der Waals surface area (Å²) in [6, 6.07) is 13.9. The molecule has 132 valence electrons. The molecule has 2 aromatic carbocycles. The molecule has 0 aliphatic heterocycles. The van der Waals surface area contributed by atoms with Crippen molar-refractivity contribution in [1.29, 1.82) is 0 Å². The minimum absolute atomic E-state index is 0.168. The monoisotopic (exact) mass is 333 g/mol. The number of fused-ring (bicyclic) bond motifs is 3. The predicted molar refractivity (Wildman–Crippen MR) is 110 cm³/mol. The highest BCUT2D eigenvalue weighted by atomic mass is 14.8. The molecule has 1 N–H and O–H groups in total. The van der Waals surface area contributed by atoms with Crippen molar-refractivity contribution in [2.75, 3.05) is 5.32 Å². The van der Waals surface area contributed by atoms with Crippen molar-refractivity contribution in [3.63, 3.8) is 0 Å². The number of aryl methyl sites for hydroxylation is 1. The third-order valence-corrected chi connectivity index (χ3v) is 5.70. The molecular formula is C24H31N. The smallest absolute Gasteiger partial charge is 0.0383 e. The largest absolute Gasteiger partial charge is 0.362 e. The maximum atomic E-state index is 3.83. The van der Waals surface area contributed by atoms with Crippen LogP contribution in [0.1, 0.15) is 69.1 Å². The van der Waals surface area contributed by atoms with E-state index in [9.17, 15) is 0 Å². The number of hydrogen-bond donors (Lipinski definition) is 1. The lowest BCUT2D eigenvalue weighted by molar-refractivity contribution is 0.414. The Morgan fingerprint density at radius 2 is 1.52 bits per heavy atom. The van der Waals surface area contributed by atoms with Gasteiger partial charge in [-0.1, -0.05) is 75.9 Å². The van der Waals surface area contributed by atoms with Crippen molar-refractivity contribution < 1.29 is 0 Å². The molecule has 1 aliphatic carbocycles. The summed E-state index contributed by atoms with van der Waals surface area (Å²) in [6.07, 6.45) is 9.29. The first-order valence-corrected chi connectivity index (χ1v) is 9.79. The van der Waals surface area contributed by atoms with E-state index in [1.807, 2.05) is 0 Å². The second-order valence-corrected chi connectivity index (χ2v) is 7.45. The number of benzene rings is 2. The summed E-state index contributed by atoms with van der Waals surface area (Å²) in [4.78, 5) is 0. The van der Waals surface area contributed by atoms with Crippen LogP contribution in [0.3, 0.4) is 0 Å². The first-order valence-electron chi connectivity index (χ1n) is 9.79. The van der Waals surface area contributed by atoms with Gasteiger partial charge in [0.2, 0.25) is 0 Å². The molecule has 0 radical (unpaired) electrons. The van der Waals surface area contributed by atoms with Crippen LogP contribution in [-0.2, 0) is 5.41 Å². The molecule has 1 nitrogen and oxygen atoms in total. The van der Waals surface area contributed by atoms with Crippen LogP contribution in [0.15, 0.2) is 49.2 Å². The minimum atomic E-state index is 0.168. The van der Waals surface area contributed by atoms with Crippen LogP contribution in [0, 0.1) is 6.92 Å². The van der Waals surface area contributed by atoms with Gasteiger partial charge in [-0.25, -0.2) is 0 Å². The van der Waals surface area contributed by atoms with Crippen LogP contribution in [0.25, 0.3) is 11.1 Å². The zero-order valence-electron chi connectivity index (χ0n) is 16.0. The Bertz CT molecular complexity index is 749. The topological polar surface area (TPSA) is 12.0 Å². The molecule has 0 atom stereocenters. The summed E-state index contributed by atoms with van der Waals surface area (Å²) < 4.78 is 0. The van der Waals surface area contributed by atoms with E-state index >= 15 is 0 Å². The highest BCUT2D eigenvalue weighted by Crippen LogP contribution is 2.54. The van der Waals surface area contributed by atoms with Gasteiger partial charge in [0.15, 0.2) is 0 Å². The van der Waals surface area contributed by atoms with Gasteiger partial charge in [-0.2, -0.15) is 0 Å². The second-order valence-electron chi connectivity index (χ2n) is 7.45. The molecule has 2 aromatic rings. The van der Waals surface area contributed by atoms with Gasteiger partial charge in [-0.05, 0) is 60.4 Å². The van der Waals surface area contributed by atoms with Crippen LogP contribution >= 0.6 is 0 Å². The molecule has 0 saturated carbocycles. The summed E-state index contributed by atoms with van der Waals surface area (Å²) in [7, 11) is 0. The van der Waals surface area contributed by atoms with Gasteiger partial charge >= 0.3 is 0 Å². The number of nitrogens with one attached hydrogen (secondary N) is 1. The third kappa shape index (κ3) is 3.13. The lowest BCUT2D eigenvalue weighted by Crippen LogP contribution is -2.25. The molecule has 1 aliphatic rings. The molecule has 3 rings (SSSR count). The molecule has 0 aromatic heterocycles. The first kappa shape index (κ1) is 17.8. The van der Waals surface area contributed by atoms with Gasteiger partial charge in [0.1, 0.15) is 0 Å². The van der Waals surface area contributed by atoms with Crippen molar-refractivity contribution in [2.24, 2.45) is 0 Å². The van der Waals surface area contributed by atoms with Crippen molar-refractivity contribution in [3.05, 3.63) is 65.9 Å². The fourth-order valence-corrected chi connectivity index (χ4v) is 4.44. The summed E-state index contributed by atoms with van der Waals surface area (Å²) in [5, 5.41) is 3.29. The van der Waals surface area contributed by atoms with Crippen LogP contribution in [0.5, 0.6) is 0 Å². The highest BCUT2D eigenvalue weighted by molar-refractivity contribution is 5.83. The molecule has 0 heterocycles. The Balaban J connectivity index is 2.21. The van der Waals surface area contributed by atoms with E-state index in [1.165, 1.54) is 60.8 Å². The lowest BCUT2D eigenvalue weighted by atomic mass is 9.70. The Hall–Kier alpha value is -2.02. The number of rotatable bonds is 8. The zero-order chi connectivity index (χ0) is 17.9. The van der Waals surface area contributed by atoms with Crippen LogP contribution in [0.2, 0.25) is 0 Å². The molecule has 25 heavy (non-hydrogen) atoms. The van der Waals surface area contributed by atoms with Gasteiger partial charge in [0.05, 0.1) is 0 Å². The lowest BCUT2D eigenvalue weighted by Gasteiger charge is -2.33. The number of anilines is 1. The van der Waals surface area contributed by atoms with Gasteiger partial charge in [0.25, 0.3) is 0 Å². The van der Waals surface area contributed by atoms with Crippen LogP contribution in [0.4, 0.5) is 5.69 Å². The summed E-state index contributed by atoms with van der Waals surface area (Å²) in [5.74, 6) is 0. The van der Waals surface area contributed by atoms with Gasteiger partial charge in [-0.15, -0.1) is 0 Å². The van der Waals surface area contributed by atoms with Crippen LogP contribution in [-0.4, -0.2) is 0 Å². The maximum absolute atomic E-state index is 3.83. The normalized spacial score (nSPS) is 14.0. The van der Waals surface area contributed by atoms with E-state index in [-0.39, 0.29) is 5.41 Å². The average Bonchev–Trinajstić information content (AvgIpc) is 2.88. The van der Waals surface area contributed by atoms with Gasteiger partial charge in [-0.3, -0.25) is 0 Å². The van der Waals surface area contributed by atoms with E-state index in [0.717, 1.165) is 5.69 Å². The van der Waals surface area contributed by atoms with E-state index in [4.69, 9.17) is 0 Å². The third-order valence-electron chi connectivity index (χ3n) is 5.70. The minimum Gasteiger partial charge on any atom is -0.362 e.